The fourth-order valence-electron chi connectivity index (χ4n) is 4.48. The molecule has 0 saturated heterocycles. The zero-order valence-corrected chi connectivity index (χ0v) is 19.7. The monoisotopic (exact) mass is 475 g/mol. The first-order valence-electron chi connectivity index (χ1n) is 11.4. The number of nitrogens with one attached hydrogen (secondary N) is 2. The Morgan fingerprint density at radius 3 is 2.66 bits per heavy atom. The predicted octanol–water partition coefficient (Wildman–Crippen LogP) is 4.40. The van der Waals surface area contributed by atoms with Crippen molar-refractivity contribution in [3.8, 4) is 11.3 Å². The molecule has 0 aliphatic carbocycles. The summed E-state index contributed by atoms with van der Waals surface area (Å²) in [6.07, 6.45) is 3.02. The summed E-state index contributed by atoms with van der Waals surface area (Å²) in [5, 5.41) is 6.61. The Morgan fingerprint density at radius 2 is 1.94 bits per heavy atom. The van der Waals surface area contributed by atoms with Crippen molar-refractivity contribution in [1.29, 1.82) is 0 Å². The molecule has 2 atom stereocenters. The van der Waals surface area contributed by atoms with Crippen LogP contribution in [0.5, 0.6) is 0 Å². The molecule has 4 aromatic rings. The van der Waals surface area contributed by atoms with Gasteiger partial charge >= 0.3 is 0 Å². The number of amides is 1. The van der Waals surface area contributed by atoms with E-state index >= 15 is 0 Å². The van der Waals surface area contributed by atoms with Crippen LogP contribution in [0.25, 0.3) is 22.3 Å². The van der Waals surface area contributed by atoms with E-state index in [1.54, 1.807) is 37.6 Å². The van der Waals surface area contributed by atoms with E-state index in [1.807, 2.05) is 26.1 Å². The molecule has 180 valence electrons. The highest BCUT2D eigenvalue weighted by Gasteiger charge is 2.29. The quantitative estimate of drug-likeness (QED) is 0.442. The maximum absolute atomic E-state index is 13.5. The number of hydrogen-bond acceptors (Lipinski definition) is 7. The maximum Gasteiger partial charge on any atom is 0.255 e. The molecular formula is C26H26FN5O3. The van der Waals surface area contributed by atoms with Gasteiger partial charge in [0.2, 0.25) is 5.95 Å². The third kappa shape index (κ3) is 4.42. The molecule has 0 spiro atoms. The summed E-state index contributed by atoms with van der Waals surface area (Å²) in [4.78, 5) is 23.4. The second-order valence-corrected chi connectivity index (χ2v) is 8.53. The van der Waals surface area contributed by atoms with Gasteiger partial charge in [0.15, 0.2) is 0 Å². The van der Waals surface area contributed by atoms with E-state index in [1.165, 1.54) is 12.1 Å². The zero-order chi connectivity index (χ0) is 24.5. The van der Waals surface area contributed by atoms with Crippen molar-refractivity contribution < 1.29 is 18.3 Å². The van der Waals surface area contributed by atoms with Crippen molar-refractivity contribution in [2.45, 2.75) is 19.1 Å². The first-order valence-corrected chi connectivity index (χ1v) is 11.4. The van der Waals surface area contributed by atoms with Crippen molar-refractivity contribution in [3.63, 3.8) is 0 Å². The van der Waals surface area contributed by atoms with Crippen LogP contribution in [0.15, 0.2) is 59.3 Å². The van der Waals surface area contributed by atoms with Gasteiger partial charge in [0.1, 0.15) is 17.2 Å². The van der Waals surface area contributed by atoms with E-state index in [0.29, 0.717) is 46.9 Å². The van der Waals surface area contributed by atoms with Gasteiger partial charge in [-0.1, -0.05) is 0 Å². The third-order valence-electron chi connectivity index (χ3n) is 6.17. The summed E-state index contributed by atoms with van der Waals surface area (Å²) < 4.78 is 26.1. The average Bonchev–Trinajstić information content (AvgIpc) is 3.20. The van der Waals surface area contributed by atoms with Crippen LogP contribution in [0.3, 0.4) is 0 Å². The lowest BCUT2D eigenvalue weighted by Crippen LogP contribution is -2.34. The van der Waals surface area contributed by atoms with Crippen LogP contribution >= 0.6 is 0 Å². The first kappa shape index (κ1) is 22.8. The van der Waals surface area contributed by atoms with Crippen LogP contribution in [-0.4, -0.2) is 49.2 Å². The summed E-state index contributed by atoms with van der Waals surface area (Å²) in [7, 11) is 3.58. The van der Waals surface area contributed by atoms with Gasteiger partial charge in [-0.2, -0.15) is 0 Å². The smallest absolute Gasteiger partial charge is 0.255 e. The van der Waals surface area contributed by atoms with Gasteiger partial charge in [0.25, 0.3) is 5.91 Å². The van der Waals surface area contributed by atoms with Gasteiger partial charge < -0.3 is 24.7 Å². The minimum absolute atomic E-state index is 0.120. The highest BCUT2D eigenvalue weighted by molar-refractivity contribution is 6.11. The molecule has 1 aliphatic heterocycles. The number of aromatic nitrogens is 2. The molecule has 5 rings (SSSR count). The fourth-order valence-corrected chi connectivity index (χ4v) is 4.48. The highest BCUT2D eigenvalue weighted by Crippen LogP contribution is 2.41. The van der Waals surface area contributed by atoms with E-state index in [4.69, 9.17) is 9.15 Å². The van der Waals surface area contributed by atoms with Crippen molar-refractivity contribution in [1.82, 2.24) is 15.3 Å². The van der Waals surface area contributed by atoms with E-state index in [0.717, 1.165) is 11.3 Å². The molecule has 8 nitrogen and oxygen atoms in total. The fraction of sp³-hybridized carbons (Fsp3) is 0.269. The number of anilines is 2. The Labute approximate surface area is 202 Å². The Bertz CT molecular complexity index is 1360. The van der Waals surface area contributed by atoms with Crippen LogP contribution in [0.2, 0.25) is 0 Å². The van der Waals surface area contributed by atoms with E-state index in [9.17, 15) is 9.18 Å². The lowest BCUT2D eigenvalue weighted by atomic mass is 10.00. The van der Waals surface area contributed by atoms with Gasteiger partial charge in [-0.25, -0.2) is 14.4 Å². The molecule has 0 saturated carbocycles. The molecule has 9 heteroatoms. The summed E-state index contributed by atoms with van der Waals surface area (Å²) in [5.74, 6) is 0.326. The van der Waals surface area contributed by atoms with Gasteiger partial charge in [0, 0.05) is 67.8 Å². The molecule has 35 heavy (non-hydrogen) atoms. The molecule has 1 aliphatic rings. The average molecular weight is 476 g/mol. The molecule has 0 unspecified atom stereocenters. The molecule has 0 bridgehead atoms. The Hall–Kier alpha value is -3.98. The van der Waals surface area contributed by atoms with Crippen LogP contribution in [0.1, 0.15) is 28.9 Å². The molecule has 3 heterocycles. The van der Waals surface area contributed by atoms with E-state index < -0.39 is 0 Å². The predicted molar refractivity (Wildman–Crippen MR) is 132 cm³/mol. The lowest BCUT2D eigenvalue weighted by Gasteiger charge is -2.23. The first-order chi connectivity index (χ1) is 16.9. The van der Waals surface area contributed by atoms with Crippen LogP contribution in [0.4, 0.5) is 16.0 Å². The maximum atomic E-state index is 13.5. The van der Waals surface area contributed by atoms with Gasteiger partial charge in [0.05, 0.1) is 17.8 Å². The topological polar surface area (TPSA) is 92.5 Å². The minimum atomic E-state index is -0.353. The normalized spacial score (nSPS) is 17.7. The number of likely N-dealkylation sites (N-methyl/N-ethyl adjacent to an activating group) is 1. The Balaban J connectivity index is 1.52. The lowest BCUT2D eigenvalue weighted by molar-refractivity contribution is 0.0134. The molecule has 0 radical (unpaired) electrons. The van der Waals surface area contributed by atoms with Crippen molar-refractivity contribution in [3.05, 3.63) is 71.8 Å². The van der Waals surface area contributed by atoms with E-state index in [2.05, 4.69) is 25.5 Å². The summed E-state index contributed by atoms with van der Waals surface area (Å²) >= 11 is 0. The zero-order valence-electron chi connectivity index (χ0n) is 19.7. The van der Waals surface area contributed by atoms with Crippen LogP contribution in [-0.2, 0) is 4.74 Å². The number of fused-ring (bicyclic) bond motifs is 2. The second kappa shape index (κ2) is 9.34. The van der Waals surface area contributed by atoms with E-state index in [-0.39, 0.29) is 23.9 Å². The molecule has 0 fully saturated rings. The van der Waals surface area contributed by atoms with Crippen LogP contribution < -0.4 is 15.5 Å². The summed E-state index contributed by atoms with van der Waals surface area (Å²) in [6, 6.07) is 11.6. The summed E-state index contributed by atoms with van der Waals surface area (Å²) in [5.41, 5.74) is 3.54. The number of hydrogen-bond donors (Lipinski definition) is 2. The number of rotatable bonds is 5. The number of nitrogens with zero attached hydrogens (tertiary/aromatic N) is 3. The largest absolute Gasteiger partial charge is 0.455 e. The highest BCUT2D eigenvalue weighted by atomic mass is 19.1. The number of ether oxygens (including phenoxy) is 1. The molecule has 1 amide bonds. The minimum Gasteiger partial charge on any atom is -0.455 e. The van der Waals surface area contributed by atoms with Crippen molar-refractivity contribution >= 4 is 28.5 Å². The summed E-state index contributed by atoms with van der Waals surface area (Å²) in [6.45, 7) is 3.17. The molecule has 2 aromatic heterocycles. The number of halogens is 1. The van der Waals surface area contributed by atoms with Gasteiger partial charge in [-0.05, 0) is 43.3 Å². The van der Waals surface area contributed by atoms with Crippen LogP contribution in [0, 0.1) is 5.82 Å². The Kier molecular flexibility index (Phi) is 6.08. The second-order valence-electron chi connectivity index (χ2n) is 8.53. The third-order valence-corrected chi connectivity index (χ3v) is 6.17. The number of benzene rings is 2. The Morgan fingerprint density at radius 1 is 1.20 bits per heavy atom. The van der Waals surface area contributed by atoms with Crippen molar-refractivity contribution in [2.24, 2.45) is 0 Å². The van der Waals surface area contributed by atoms with Crippen molar-refractivity contribution in [2.75, 3.05) is 37.4 Å². The molecule has 2 aromatic carbocycles. The number of carbonyl (C=O) groups is 1. The SMILES string of the molecule is CNC(=O)c1c(-c2ccc(F)cc2)oc2cc3c(cc12)[C@H](C)O[C@H](CNc1ncccn1)CN3C. The number of carbonyl (C=O) groups excluding carboxylic acids is 1. The molecular weight excluding hydrogens is 449 g/mol. The molecule has 2 N–H and O–H groups in total. The number of furan rings is 1. The van der Waals surface area contributed by atoms with Gasteiger partial charge in [-0.15, -0.1) is 0 Å². The van der Waals surface area contributed by atoms with Gasteiger partial charge in [-0.3, -0.25) is 4.79 Å². The standard InChI is InChI=1S/C26H26FN5O3/c1-15-19-11-20-22(35-24(23(20)25(33)28-2)16-5-7-17(27)8-6-16)12-21(19)32(3)14-18(34-15)13-31-26-29-9-4-10-30-26/h4-12,15,18H,13-14H2,1-3H3,(H,28,33)(H,29,30,31)/t15-,18+/m0/s1.